The number of hydrogen-bond donors (Lipinski definition) is 1. The molecule has 4 aromatic rings. The standard InChI is InChI=1S/C22H23N5O2S/c1-13-4-7-26(20(29)10-15-9-14(2)25-30-15)12-18(13)27-8-5-19(28)17-11-24-22-16(21(17)27)3-6-23-22/h3,5-6,8-9,11,13,18H,4,7,10,12H2,1-2H3,(H,23,24)/t13-,18+/m1/s1. The summed E-state index contributed by atoms with van der Waals surface area (Å²) in [5.74, 6) is 0.516. The zero-order valence-corrected chi connectivity index (χ0v) is 17.8. The zero-order chi connectivity index (χ0) is 20.8. The lowest BCUT2D eigenvalue weighted by molar-refractivity contribution is -0.132. The zero-order valence-electron chi connectivity index (χ0n) is 17.0. The largest absolute Gasteiger partial charge is 0.346 e. The highest BCUT2D eigenvalue weighted by Crippen LogP contribution is 2.32. The van der Waals surface area contributed by atoms with Crippen molar-refractivity contribution in [2.24, 2.45) is 5.92 Å². The SMILES string of the molecule is Cc1cc(CC(=O)N2CC[C@@H](C)[C@@H](n3ccc(=O)c4cnc5[nH]ccc5c43)C2)sn1. The summed E-state index contributed by atoms with van der Waals surface area (Å²) in [6.45, 7) is 5.55. The van der Waals surface area contributed by atoms with Gasteiger partial charge >= 0.3 is 0 Å². The number of pyridine rings is 2. The van der Waals surface area contributed by atoms with Gasteiger partial charge in [0.1, 0.15) is 5.65 Å². The van der Waals surface area contributed by atoms with E-state index in [-0.39, 0.29) is 17.4 Å². The molecule has 1 N–H and O–H groups in total. The topological polar surface area (TPSA) is 83.9 Å². The Morgan fingerprint density at radius 1 is 1.33 bits per heavy atom. The maximum atomic E-state index is 13.0. The van der Waals surface area contributed by atoms with Gasteiger partial charge in [0.2, 0.25) is 5.91 Å². The van der Waals surface area contributed by atoms with Gasteiger partial charge in [-0.25, -0.2) is 4.98 Å². The molecule has 1 aliphatic heterocycles. The van der Waals surface area contributed by atoms with Crippen molar-refractivity contribution in [3.05, 3.63) is 57.6 Å². The van der Waals surface area contributed by atoms with E-state index >= 15 is 0 Å². The second-order valence-electron chi connectivity index (χ2n) is 8.13. The molecule has 30 heavy (non-hydrogen) atoms. The lowest BCUT2D eigenvalue weighted by atomic mass is 9.92. The van der Waals surface area contributed by atoms with Gasteiger partial charge in [0.25, 0.3) is 0 Å². The number of carbonyl (C=O) groups excluding carboxylic acids is 1. The Balaban J connectivity index is 1.52. The third kappa shape index (κ3) is 3.21. The van der Waals surface area contributed by atoms with Crippen molar-refractivity contribution in [1.82, 2.24) is 23.8 Å². The molecule has 1 fully saturated rings. The molecule has 0 spiro atoms. The van der Waals surface area contributed by atoms with Gasteiger partial charge in [-0.2, -0.15) is 4.37 Å². The van der Waals surface area contributed by atoms with Crippen LogP contribution in [0.2, 0.25) is 0 Å². The molecule has 1 saturated heterocycles. The van der Waals surface area contributed by atoms with Gasteiger partial charge < -0.3 is 14.5 Å². The molecule has 1 aliphatic rings. The number of nitrogens with zero attached hydrogens (tertiary/aromatic N) is 4. The Labute approximate surface area is 177 Å². The number of aryl methyl sites for hydroxylation is 1. The summed E-state index contributed by atoms with van der Waals surface area (Å²) in [5.41, 5.74) is 2.57. The summed E-state index contributed by atoms with van der Waals surface area (Å²) >= 11 is 1.40. The van der Waals surface area contributed by atoms with E-state index in [1.165, 1.54) is 11.5 Å². The van der Waals surface area contributed by atoms with Gasteiger partial charge in [-0.1, -0.05) is 6.92 Å². The number of rotatable bonds is 3. The van der Waals surface area contributed by atoms with Crippen LogP contribution < -0.4 is 5.43 Å². The minimum Gasteiger partial charge on any atom is -0.346 e. The maximum Gasteiger partial charge on any atom is 0.227 e. The second-order valence-corrected chi connectivity index (χ2v) is 9.02. The van der Waals surface area contributed by atoms with Gasteiger partial charge in [0, 0.05) is 48.0 Å². The first kappa shape index (κ1) is 19.0. The van der Waals surface area contributed by atoms with E-state index < -0.39 is 0 Å². The van der Waals surface area contributed by atoms with Crippen molar-refractivity contribution in [2.45, 2.75) is 32.7 Å². The predicted molar refractivity (Wildman–Crippen MR) is 118 cm³/mol. The number of aromatic amines is 1. The van der Waals surface area contributed by atoms with E-state index in [4.69, 9.17) is 0 Å². The van der Waals surface area contributed by atoms with Gasteiger partial charge in [0.05, 0.1) is 29.1 Å². The third-order valence-corrected chi connectivity index (χ3v) is 6.98. The fraction of sp³-hybridized carbons (Fsp3) is 0.364. The van der Waals surface area contributed by atoms with Crippen molar-refractivity contribution < 1.29 is 4.79 Å². The Kier molecular flexibility index (Phi) is 4.66. The van der Waals surface area contributed by atoms with E-state index in [1.807, 2.05) is 36.4 Å². The fourth-order valence-corrected chi connectivity index (χ4v) is 5.16. The van der Waals surface area contributed by atoms with E-state index in [9.17, 15) is 9.59 Å². The molecule has 0 aliphatic carbocycles. The summed E-state index contributed by atoms with van der Waals surface area (Å²) in [6, 6.07) is 5.64. The molecule has 0 bridgehead atoms. The van der Waals surface area contributed by atoms with Crippen LogP contribution in [0.25, 0.3) is 21.9 Å². The molecule has 154 valence electrons. The molecular weight excluding hydrogens is 398 g/mol. The Hall–Kier alpha value is -3.00. The predicted octanol–water partition coefficient (Wildman–Crippen LogP) is 3.29. The number of hydrogen-bond acceptors (Lipinski definition) is 5. The molecular formula is C22H23N5O2S. The van der Waals surface area contributed by atoms with Crippen molar-refractivity contribution in [3.8, 4) is 0 Å². The Bertz CT molecular complexity index is 1300. The number of amides is 1. The normalized spacial score (nSPS) is 19.6. The first-order chi connectivity index (χ1) is 14.5. The summed E-state index contributed by atoms with van der Waals surface area (Å²) in [6.07, 6.45) is 6.68. The molecule has 5 rings (SSSR count). The molecule has 7 nitrogen and oxygen atoms in total. The lowest BCUT2D eigenvalue weighted by Crippen LogP contribution is -2.44. The second kappa shape index (κ2) is 7.36. The highest BCUT2D eigenvalue weighted by Gasteiger charge is 2.31. The van der Waals surface area contributed by atoms with Crippen LogP contribution in [0.15, 0.2) is 41.6 Å². The van der Waals surface area contributed by atoms with Gasteiger partial charge in [-0.05, 0) is 42.9 Å². The van der Waals surface area contributed by atoms with Crippen LogP contribution in [-0.2, 0) is 11.2 Å². The fourth-order valence-electron chi connectivity index (χ4n) is 4.44. The minimum atomic E-state index is -0.0335. The summed E-state index contributed by atoms with van der Waals surface area (Å²) in [4.78, 5) is 36.0. The first-order valence-corrected chi connectivity index (χ1v) is 11.0. The highest BCUT2D eigenvalue weighted by atomic mass is 32.1. The van der Waals surface area contributed by atoms with Crippen LogP contribution in [0.3, 0.4) is 0 Å². The molecule has 1 amide bonds. The molecule has 0 aromatic carbocycles. The molecule has 0 unspecified atom stereocenters. The molecule has 0 saturated carbocycles. The van der Waals surface area contributed by atoms with Crippen LogP contribution in [-0.4, -0.2) is 42.8 Å². The number of fused-ring (bicyclic) bond motifs is 3. The summed E-state index contributed by atoms with van der Waals surface area (Å²) in [7, 11) is 0. The number of aromatic nitrogens is 4. The van der Waals surface area contributed by atoms with Crippen LogP contribution in [0, 0.1) is 12.8 Å². The van der Waals surface area contributed by atoms with Crippen LogP contribution in [0.5, 0.6) is 0 Å². The molecule has 4 aromatic heterocycles. The number of H-pyrrole nitrogens is 1. The molecule has 2 atom stereocenters. The van der Waals surface area contributed by atoms with E-state index in [0.29, 0.717) is 24.3 Å². The number of piperidine rings is 1. The van der Waals surface area contributed by atoms with Crippen molar-refractivity contribution in [1.29, 1.82) is 0 Å². The van der Waals surface area contributed by atoms with Gasteiger partial charge in [0.15, 0.2) is 5.43 Å². The Morgan fingerprint density at radius 3 is 3.00 bits per heavy atom. The van der Waals surface area contributed by atoms with E-state index in [2.05, 4.69) is 25.8 Å². The third-order valence-electron chi connectivity index (χ3n) is 6.10. The maximum absolute atomic E-state index is 13.0. The average molecular weight is 422 g/mol. The van der Waals surface area contributed by atoms with Crippen molar-refractivity contribution in [2.75, 3.05) is 13.1 Å². The van der Waals surface area contributed by atoms with E-state index in [1.54, 1.807) is 12.3 Å². The van der Waals surface area contributed by atoms with Crippen molar-refractivity contribution >= 4 is 39.4 Å². The molecule has 5 heterocycles. The van der Waals surface area contributed by atoms with Crippen molar-refractivity contribution in [3.63, 3.8) is 0 Å². The quantitative estimate of drug-likeness (QED) is 0.550. The molecule has 0 radical (unpaired) electrons. The van der Waals surface area contributed by atoms with Crippen LogP contribution in [0.4, 0.5) is 0 Å². The number of likely N-dealkylation sites (tertiary alicyclic amines) is 1. The summed E-state index contributed by atoms with van der Waals surface area (Å²) in [5, 5.41) is 1.54. The van der Waals surface area contributed by atoms with Crippen LogP contribution >= 0.6 is 11.5 Å². The van der Waals surface area contributed by atoms with Gasteiger partial charge in [-0.15, -0.1) is 0 Å². The van der Waals surface area contributed by atoms with E-state index in [0.717, 1.165) is 40.1 Å². The highest BCUT2D eigenvalue weighted by molar-refractivity contribution is 7.05. The smallest absolute Gasteiger partial charge is 0.227 e. The monoisotopic (exact) mass is 421 g/mol. The minimum absolute atomic E-state index is 0.0335. The average Bonchev–Trinajstić information content (AvgIpc) is 3.37. The van der Waals surface area contributed by atoms with Gasteiger partial charge in [-0.3, -0.25) is 9.59 Å². The number of carbonyl (C=O) groups is 1. The molecule has 8 heteroatoms. The van der Waals surface area contributed by atoms with Crippen LogP contribution in [0.1, 0.15) is 30.0 Å². The first-order valence-electron chi connectivity index (χ1n) is 10.2. The summed E-state index contributed by atoms with van der Waals surface area (Å²) < 4.78 is 6.46. The number of nitrogens with one attached hydrogen (secondary N) is 1. The lowest BCUT2D eigenvalue weighted by Gasteiger charge is -2.39. The Morgan fingerprint density at radius 2 is 2.20 bits per heavy atom.